The normalized spacial score (nSPS) is 16.6. The van der Waals surface area contributed by atoms with E-state index >= 15 is 0 Å². The molecule has 1 aromatic heterocycles. The van der Waals surface area contributed by atoms with Crippen molar-refractivity contribution in [2.24, 2.45) is 5.41 Å². The van der Waals surface area contributed by atoms with Crippen LogP contribution in [0.15, 0.2) is 47.1 Å². The van der Waals surface area contributed by atoms with E-state index in [1.54, 1.807) is 13.4 Å². The van der Waals surface area contributed by atoms with Gasteiger partial charge in [-0.25, -0.2) is 0 Å². The Hall–Kier alpha value is -2.47. The summed E-state index contributed by atoms with van der Waals surface area (Å²) >= 11 is 0. The van der Waals surface area contributed by atoms with E-state index in [1.165, 1.54) is 5.69 Å². The molecule has 0 radical (unpaired) electrons. The molecule has 0 saturated carbocycles. The summed E-state index contributed by atoms with van der Waals surface area (Å²) in [7, 11) is 1.68. The van der Waals surface area contributed by atoms with Crippen molar-refractivity contribution in [1.82, 2.24) is 10.2 Å². The number of furan rings is 1. The second-order valence-corrected chi connectivity index (χ2v) is 8.21. The van der Waals surface area contributed by atoms with Crippen molar-refractivity contribution in [3.63, 3.8) is 0 Å². The van der Waals surface area contributed by atoms with Crippen LogP contribution in [0.5, 0.6) is 5.75 Å². The summed E-state index contributed by atoms with van der Waals surface area (Å²) in [5, 5.41) is 3.10. The molecule has 6 heteroatoms. The SMILES string of the molecule is COc1ccc(N2CCN([C@@H](CNC(=O)C(C)(C)C)c3ccco3)CC2)cc1. The van der Waals surface area contributed by atoms with E-state index in [0.717, 1.165) is 37.7 Å². The predicted octanol–water partition coefficient (Wildman–Crippen LogP) is 3.31. The Balaban J connectivity index is 1.63. The number of nitrogens with one attached hydrogen (secondary N) is 1. The van der Waals surface area contributed by atoms with Crippen molar-refractivity contribution in [2.75, 3.05) is 44.7 Å². The van der Waals surface area contributed by atoms with E-state index in [-0.39, 0.29) is 11.9 Å². The van der Waals surface area contributed by atoms with Gasteiger partial charge in [-0.2, -0.15) is 0 Å². The van der Waals surface area contributed by atoms with E-state index in [2.05, 4.69) is 27.2 Å². The van der Waals surface area contributed by atoms with Crippen LogP contribution in [-0.2, 0) is 4.79 Å². The summed E-state index contributed by atoms with van der Waals surface area (Å²) in [6.07, 6.45) is 1.70. The fraction of sp³-hybridized carbons (Fsp3) is 0.500. The number of methoxy groups -OCH3 is 1. The molecule has 0 spiro atoms. The fourth-order valence-corrected chi connectivity index (χ4v) is 3.43. The van der Waals surface area contributed by atoms with E-state index in [9.17, 15) is 4.79 Å². The van der Waals surface area contributed by atoms with Gasteiger partial charge in [0.2, 0.25) is 5.91 Å². The third-order valence-corrected chi connectivity index (χ3v) is 5.20. The van der Waals surface area contributed by atoms with Crippen molar-refractivity contribution in [3.05, 3.63) is 48.4 Å². The molecule has 28 heavy (non-hydrogen) atoms. The predicted molar refractivity (Wildman–Crippen MR) is 111 cm³/mol. The van der Waals surface area contributed by atoms with Crippen LogP contribution in [0.1, 0.15) is 32.6 Å². The largest absolute Gasteiger partial charge is 0.497 e. The van der Waals surface area contributed by atoms with Crippen LogP contribution in [0, 0.1) is 5.41 Å². The molecule has 2 aromatic rings. The molecule has 0 unspecified atom stereocenters. The first-order valence-corrected chi connectivity index (χ1v) is 9.83. The zero-order valence-corrected chi connectivity index (χ0v) is 17.3. The topological polar surface area (TPSA) is 58.0 Å². The van der Waals surface area contributed by atoms with Gasteiger partial charge in [0.15, 0.2) is 0 Å². The van der Waals surface area contributed by atoms with Crippen molar-refractivity contribution in [3.8, 4) is 5.75 Å². The van der Waals surface area contributed by atoms with E-state index in [1.807, 2.05) is 45.0 Å². The lowest BCUT2D eigenvalue weighted by Gasteiger charge is -2.39. The first kappa shape index (κ1) is 20.3. The number of rotatable bonds is 6. The highest BCUT2D eigenvalue weighted by atomic mass is 16.5. The molecule has 1 aliphatic heterocycles. The quantitative estimate of drug-likeness (QED) is 0.827. The number of piperazine rings is 1. The van der Waals surface area contributed by atoms with Gasteiger partial charge < -0.3 is 19.4 Å². The molecule has 1 fully saturated rings. The number of hydrogen-bond donors (Lipinski definition) is 1. The second-order valence-electron chi connectivity index (χ2n) is 8.21. The molecule has 1 saturated heterocycles. The third kappa shape index (κ3) is 4.87. The molecule has 1 amide bonds. The summed E-state index contributed by atoms with van der Waals surface area (Å²) in [6.45, 7) is 10.00. The average molecular weight is 386 g/mol. The number of nitrogens with zero attached hydrogens (tertiary/aromatic N) is 2. The molecular formula is C22H31N3O3. The van der Waals surface area contributed by atoms with Crippen molar-refractivity contribution in [2.45, 2.75) is 26.8 Å². The number of carbonyl (C=O) groups excluding carboxylic acids is 1. The van der Waals surface area contributed by atoms with Gasteiger partial charge >= 0.3 is 0 Å². The molecule has 1 atom stereocenters. The maximum Gasteiger partial charge on any atom is 0.225 e. The van der Waals surface area contributed by atoms with Crippen LogP contribution in [0.2, 0.25) is 0 Å². The van der Waals surface area contributed by atoms with Crippen LogP contribution in [0.4, 0.5) is 5.69 Å². The zero-order chi connectivity index (χ0) is 20.1. The highest BCUT2D eigenvalue weighted by Crippen LogP contribution is 2.26. The third-order valence-electron chi connectivity index (χ3n) is 5.20. The standard InChI is InChI=1S/C22H31N3O3/c1-22(2,3)21(26)23-16-19(20-6-5-15-28-20)25-13-11-24(12-14-25)17-7-9-18(27-4)10-8-17/h5-10,15,19H,11-14,16H2,1-4H3,(H,23,26)/t19-/m0/s1. The lowest BCUT2D eigenvalue weighted by Crippen LogP contribution is -2.50. The molecular weight excluding hydrogens is 354 g/mol. The fourth-order valence-electron chi connectivity index (χ4n) is 3.43. The molecule has 152 valence electrons. The van der Waals surface area contributed by atoms with Crippen LogP contribution in [0.25, 0.3) is 0 Å². The molecule has 1 aromatic carbocycles. The molecule has 6 nitrogen and oxygen atoms in total. The van der Waals surface area contributed by atoms with Crippen LogP contribution in [-0.4, -0.2) is 50.6 Å². The smallest absolute Gasteiger partial charge is 0.225 e. The van der Waals surface area contributed by atoms with Gasteiger partial charge in [0.05, 0.1) is 19.4 Å². The number of carbonyl (C=O) groups is 1. The number of ether oxygens (including phenoxy) is 1. The molecule has 2 heterocycles. The Morgan fingerprint density at radius 2 is 1.82 bits per heavy atom. The molecule has 0 bridgehead atoms. The van der Waals surface area contributed by atoms with Crippen molar-refractivity contribution >= 4 is 11.6 Å². The van der Waals surface area contributed by atoms with Gasteiger partial charge in [-0.3, -0.25) is 9.69 Å². The first-order chi connectivity index (χ1) is 13.4. The van der Waals surface area contributed by atoms with E-state index in [4.69, 9.17) is 9.15 Å². The molecule has 3 rings (SSSR count). The average Bonchev–Trinajstić information content (AvgIpc) is 3.22. The summed E-state index contributed by atoms with van der Waals surface area (Å²) < 4.78 is 10.9. The van der Waals surface area contributed by atoms with Crippen molar-refractivity contribution in [1.29, 1.82) is 0 Å². The van der Waals surface area contributed by atoms with Gasteiger partial charge in [0.25, 0.3) is 0 Å². The summed E-state index contributed by atoms with van der Waals surface area (Å²) in [5.74, 6) is 1.82. The molecule has 1 aliphatic rings. The van der Waals surface area contributed by atoms with Gasteiger partial charge in [-0.05, 0) is 36.4 Å². The lowest BCUT2D eigenvalue weighted by molar-refractivity contribution is -0.128. The maximum absolute atomic E-state index is 12.3. The maximum atomic E-state index is 12.3. The Bertz CT molecular complexity index is 742. The number of benzene rings is 1. The van der Waals surface area contributed by atoms with Crippen LogP contribution < -0.4 is 15.0 Å². The minimum atomic E-state index is -0.402. The van der Waals surface area contributed by atoms with Gasteiger partial charge in [0.1, 0.15) is 11.5 Å². The lowest BCUT2D eigenvalue weighted by atomic mass is 9.95. The molecule has 1 N–H and O–H groups in total. The monoisotopic (exact) mass is 385 g/mol. The summed E-state index contributed by atoms with van der Waals surface area (Å²) in [5.41, 5.74) is 0.803. The van der Waals surface area contributed by atoms with Crippen LogP contribution in [0.3, 0.4) is 0 Å². The second kappa shape index (κ2) is 8.69. The number of amides is 1. The summed E-state index contributed by atoms with van der Waals surface area (Å²) in [4.78, 5) is 17.1. The Morgan fingerprint density at radius 1 is 1.14 bits per heavy atom. The van der Waals surface area contributed by atoms with Gasteiger partial charge in [-0.15, -0.1) is 0 Å². The number of hydrogen-bond acceptors (Lipinski definition) is 5. The molecule has 0 aliphatic carbocycles. The van der Waals surface area contributed by atoms with Crippen molar-refractivity contribution < 1.29 is 13.9 Å². The highest BCUT2D eigenvalue weighted by Gasteiger charge is 2.29. The van der Waals surface area contributed by atoms with E-state index in [0.29, 0.717) is 6.54 Å². The Kier molecular flexibility index (Phi) is 6.29. The van der Waals surface area contributed by atoms with E-state index < -0.39 is 5.41 Å². The Labute approximate surface area is 167 Å². The zero-order valence-electron chi connectivity index (χ0n) is 17.3. The Morgan fingerprint density at radius 3 is 2.36 bits per heavy atom. The van der Waals surface area contributed by atoms with Gasteiger partial charge in [-0.1, -0.05) is 20.8 Å². The van der Waals surface area contributed by atoms with Gasteiger partial charge in [0, 0.05) is 43.8 Å². The number of anilines is 1. The summed E-state index contributed by atoms with van der Waals surface area (Å²) in [6, 6.07) is 12.1. The highest BCUT2D eigenvalue weighted by molar-refractivity contribution is 5.81. The van der Waals surface area contributed by atoms with Crippen LogP contribution >= 0.6 is 0 Å². The minimum absolute atomic E-state index is 0.0410. The minimum Gasteiger partial charge on any atom is -0.497 e. The first-order valence-electron chi connectivity index (χ1n) is 9.83.